The number of benzene rings is 2. The highest BCUT2D eigenvalue weighted by Gasteiger charge is 2.07. The molecular weight excluding hydrogens is 304 g/mol. The first kappa shape index (κ1) is 15.9. The molecule has 0 unspecified atom stereocenters. The van der Waals surface area contributed by atoms with E-state index in [1.165, 1.54) is 6.21 Å². The minimum atomic E-state index is -0.285. The van der Waals surface area contributed by atoms with E-state index in [0.717, 1.165) is 5.56 Å². The van der Waals surface area contributed by atoms with Crippen molar-refractivity contribution in [2.45, 2.75) is 6.92 Å². The SMILES string of the molecule is Cc1cccc(NC(=O)COc2ccc(Cl)cc2C=NO)c1. The minimum Gasteiger partial charge on any atom is -0.483 e. The molecule has 1 amide bonds. The van der Waals surface area contributed by atoms with Crippen LogP contribution >= 0.6 is 11.6 Å². The van der Waals surface area contributed by atoms with Gasteiger partial charge < -0.3 is 15.3 Å². The van der Waals surface area contributed by atoms with Gasteiger partial charge in [0, 0.05) is 16.3 Å². The van der Waals surface area contributed by atoms with Gasteiger partial charge in [0.25, 0.3) is 5.91 Å². The van der Waals surface area contributed by atoms with Gasteiger partial charge in [-0.3, -0.25) is 4.79 Å². The van der Waals surface area contributed by atoms with Gasteiger partial charge in [0.1, 0.15) is 5.75 Å². The molecule has 0 saturated heterocycles. The number of rotatable bonds is 5. The zero-order chi connectivity index (χ0) is 15.9. The summed E-state index contributed by atoms with van der Waals surface area (Å²) in [5, 5.41) is 14.8. The van der Waals surface area contributed by atoms with Crippen LogP contribution in [0.4, 0.5) is 5.69 Å². The first-order valence-electron chi connectivity index (χ1n) is 6.55. The summed E-state index contributed by atoms with van der Waals surface area (Å²) in [6, 6.07) is 12.3. The largest absolute Gasteiger partial charge is 0.483 e. The summed E-state index contributed by atoms with van der Waals surface area (Å²) < 4.78 is 5.44. The first-order chi connectivity index (χ1) is 10.6. The van der Waals surface area contributed by atoms with Crippen LogP contribution in [0.3, 0.4) is 0 Å². The van der Waals surface area contributed by atoms with Crippen molar-refractivity contribution in [1.82, 2.24) is 0 Å². The standard InChI is InChI=1S/C16H15ClN2O3/c1-11-3-2-4-14(7-11)19-16(20)10-22-15-6-5-13(17)8-12(15)9-18-21/h2-9,21H,10H2,1H3,(H,19,20). The number of amides is 1. The number of oxime groups is 1. The van der Waals surface area contributed by atoms with Gasteiger partial charge in [-0.15, -0.1) is 0 Å². The van der Waals surface area contributed by atoms with Crippen molar-refractivity contribution in [2.24, 2.45) is 5.16 Å². The summed E-state index contributed by atoms with van der Waals surface area (Å²) in [5.41, 5.74) is 2.25. The van der Waals surface area contributed by atoms with E-state index < -0.39 is 0 Å². The van der Waals surface area contributed by atoms with Crippen molar-refractivity contribution in [3.05, 3.63) is 58.6 Å². The molecule has 0 heterocycles. The summed E-state index contributed by atoms with van der Waals surface area (Å²) in [7, 11) is 0. The molecule has 0 aromatic heterocycles. The van der Waals surface area contributed by atoms with Crippen LogP contribution < -0.4 is 10.1 Å². The molecule has 0 aliphatic heterocycles. The highest BCUT2D eigenvalue weighted by Crippen LogP contribution is 2.21. The molecule has 2 aromatic rings. The molecule has 0 fully saturated rings. The van der Waals surface area contributed by atoms with Gasteiger partial charge in [0.15, 0.2) is 6.61 Å². The smallest absolute Gasteiger partial charge is 0.262 e. The van der Waals surface area contributed by atoms with Crippen molar-refractivity contribution >= 4 is 29.4 Å². The summed E-state index contributed by atoms with van der Waals surface area (Å²) in [6.45, 7) is 1.78. The molecule has 0 spiro atoms. The van der Waals surface area contributed by atoms with Gasteiger partial charge in [-0.25, -0.2) is 0 Å². The van der Waals surface area contributed by atoms with Crippen LogP contribution in [0.1, 0.15) is 11.1 Å². The number of anilines is 1. The van der Waals surface area contributed by atoms with Crippen molar-refractivity contribution < 1.29 is 14.7 Å². The Kier molecular flexibility index (Phi) is 5.38. The third-order valence-corrected chi connectivity index (χ3v) is 3.06. The van der Waals surface area contributed by atoms with Gasteiger partial charge >= 0.3 is 0 Å². The third-order valence-electron chi connectivity index (χ3n) is 2.83. The van der Waals surface area contributed by atoms with Crippen LogP contribution in [-0.2, 0) is 4.79 Å². The van der Waals surface area contributed by atoms with Crippen LogP contribution in [0.5, 0.6) is 5.75 Å². The lowest BCUT2D eigenvalue weighted by atomic mass is 10.2. The zero-order valence-electron chi connectivity index (χ0n) is 11.9. The van der Waals surface area contributed by atoms with Crippen LogP contribution in [0.15, 0.2) is 47.6 Å². The van der Waals surface area contributed by atoms with Crippen LogP contribution in [0.2, 0.25) is 5.02 Å². The molecule has 2 rings (SSSR count). The number of halogens is 1. The summed E-state index contributed by atoms with van der Waals surface area (Å²) >= 11 is 5.86. The van der Waals surface area contributed by atoms with E-state index in [9.17, 15) is 4.79 Å². The van der Waals surface area contributed by atoms with Crippen molar-refractivity contribution in [3.63, 3.8) is 0 Å². The molecular formula is C16H15ClN2O3. The fourth-order valence-electron chi connectivity index (χ4n) is 1.88. The zero-order valence-corrected chi connectivity index (χ0v) is 12.7. The Morgan fingerprint density at radius 3 is 2.91 bits per heavy atom. The van der Waals surface area contributed by atoms with E-state index >= 15 is 0 Å². The molecule has 0 aliphatic rings. The Bertz CT molecular complexity index is 702. The van der Waals surface area contributed by atoms with E-state index in [1.807, 2.05) is 25.1 Å². The van der Waals surface area contributed by atoms with Gasteiger partial charge in [-0.2, -0.15) is 0 Å². The average molecular weight is 319 g/mol. The summed E-state index contributed by atoms with van der Waals surface area (Å²) in [4.78, 5) is 11.9. The Morgan fingerprint density at radius 2 is 2.18 bits per heavy atom. The molecule has 114 valence electrons. The minimum absolute atomic E-state index is 0.165. The predicted octanol–water partition coefficient (Wildman–Crippen LogP) is 3.47. The fourth-order valence-corrected chi connectivity index (χ4v) is 2.06. The lowest BCUT2D eigenvalue weighted by Gasteiger charge is -2.10. The van der Waals surface area contributed by atoms with Gasteiger partial charge in [-0.1, -0.05) is 28.9 Å². The molecule has 0 atom stereocenters. The second-order valence-corrected chi connectivity index (χ2v) is 5.07. The number of hydrogen-bond donors (Lipinski definition) is 2. The number of ether oxygens (including phenoxy) is 1. The predicted molar refractivity (Wildman–Crippen MR) is 86.1 cm³/mol. The van der Waals surface area contributed by atoms with E-state index in [2.05, 4.69) is 10.5 Å². The monoisotopic (exact) mass is 318 g/mol. The summed E-state index contributed by atoms with van der Waals surface area (Å²) in [6.07, 6.45) is 1.19. The quantitative estimate of drug-likeness (QED) is 0.504. The molecule has 2 aromatic carbocycles. The lowest BCUT2D eigenvalue weighted by molar-refractivity contribution is -0.118. The Balaban J connectivity index is 1.99. The highest BCUT2D eigenvalue weighted by atomic mass is 35.5. The molecule has 0 radical (unpaired) electrons. The van der Waals surface area contributed by atoms with Gasteiger partial charge in [0.2, 0.25) is 0 Å². The van der Waals surface area contributed by atoms with E-state index in [0.29, 0.717) is 22.0 Å². The number of carbonyl (C=O) groups excluding carboxylic acids is 1. The molecule has 0 bridgehead atoms. The van der Waals surface area contributed by atoms with Crippen LogP contribution in [-0.4, -0.2) is 23.9 Å². The van der Waals surface area contributed by atoms with E-state index in [1.54, 1.807) is 24.3 Å². The molecule has 22 heavy (non-hydrogen) atoms. The Morgan fingerprint density at radius 1 is 1.36 bits per heavy atom. The van der Waals surface area contributed by atoms with Crippen LogP contribution in [0, 0.1) is 6.92 Å². The number of nitrogens with one attached hydrogen (secondary N) is 1. The molecule has 6 heteroatoms. The van der Waals surface area contributed by atoms with Crippen LogP contribution in [0.25, 0.3) is 0 Å². The van der Waals surface area contributed by atoms with Crippen molar-refractivity contribution in [2.75, 3.05) is 11.9 Å². The normalized spacial score (nSPS) is 10.6. The summed E-state index contributed by atoms with van der Waals surface area (Å²) in [5.74, 6) is 0.119. The maximum absolute atomic E-state index is 11.9. The van der Waals surface area contributed by atoms with Crippen molar-refractivity contribution in [3.8, 4) is 5.75 Å². The number of hydrogen-bond acceptors (Lipinski definition) is 4. The molecule has 2 N–H and O–H groups in total. The van der Waals surface area contributed by atoms with E-state index in [-0.39, 0.29) is 12.5 Å². The molecule has 5 nitrogen and oxygen atoms in total. The maximum atomic E-state index is 11.9. The Labute approximate surface area is 133 Å². The van der Waals surface area contributed by atoms with Gasteiger partial charge in [-0.05, 0) is 42.8 Å². The topological polar surface area (TPSA) is 70.9 Å². The number of carbonyl (C=O) groups is 1. The third kappa shape index (κ3) is 4.49. The Hall–Kier alpha value is -2.53. The maximum Gasteiger partial charge on any atom is 0.262 e. The molecule has 0 saturated carbocycles. The molecule has 0 aliphatic carbocycles. The second kappa shape index (κ2) is 7.47. The number of nitrogens with zero attached hydrogens (tertiary/aromatic N) is 1. The second-order valence-electron chi connectivity index (χ2n) is 4.63. The highest BCUT2D eigenvalue weighted by molar-refractivity contribution is 6.30. The number of aryl methyl sites for hydroxylation is 1. The van der Waals surface area contributed by atoms with Crippen molar-refractivity contribution in [1.29, 1.82) is 0 Å². The van der Waals surface area contributed by atoms with Gasteiger partial charge in [0.05, 0.1) is 6.21 Å². The lowest BCUT2D eigenvalue weighted by Crippen LogP contribution is -2.20. The average Bonchev–Trinajstić information content (AvgIpc) is 2.47. The first-order valence-corrected chi connectivity index (χ1v) is 6.92. The fraction of sp³-hybridized carbons (Fsp3) is 0.125. The van der Waals surface area contributed by atoms with E-state index in [4.69, 9.17) is 21.5 Å².